The summed E-state index contributed by atoms with van der Waals surface area (Å²) in [6, 6.07) is 1.23. The van der Waals surface area contributed by atoms with Crippen LogP contribution in [0.2, 0.25) is 0 Å². The molecular formula is C18H23F3N4O4. The van der Waals surface area contributed by atoms with Crippen LogP contribution < -0.4 is 16.0 Å². The van der Waals surface area contributed by atoms with Crippen LogP contribution >= 0.6 is 0 Å². The van der Waals surface area contributed by atoms with Crippen molar-refractivity contribution in [3.05, 3.63) is 23.9 Å². The summed E-state index contributed by atoms with van der Waals surface area (Å²) in [5.41, 5.74) is 4.10. The summed E-state index contributed by atoms with van der Waals surface area (Å²) in [7, 11) is 0. The lowest BCUT2D eigenvalue weighted by Gasteiger charge is -2.32. The first-order chi connectivity index (χ1) is 13.5. The van der Waals surface area contributed by atoms with E-state index in [0.717, 1.165) is 12.3 Å². The number of primary amides is 1. The number of urea groups is 1. The molecule has 3 amide bonds. The molecule has 0 aromatic carbocycles. The molecule has 2 heterocycles. The molecule has 11 heteroatoms. The number of carbonyl (C=O) groups is 3. The van der Waals surface area contributed by atoms with E-state index in [1.54, 1.807) is 18.7 Å². The van der Waals surface area contributed by atoms with Gasteiger partial charge in [-0.2, -0.15) is 13.2 Å². The second-order valence-corrected chi connectivity index (χ2v) is 7.12. The van der Waals surface area contributed by atoms with Gasteiger partial charge in [0, 0.05) is 19.3 Å². The van der Waals surface area contributed by atoms with Gasteiger partial charge in [-0.05, 0) is 30.9 Å². The van der Waals surface area contributed by atoms with Crippen LogP contribution in [0.4, 0.5) is 23.8 Å². The SMILES string of the molecule is CC(C)C(OC(=O)C1CCN(c2ccc(C(F)(F)F)cn2)CC1)C(=O)NC(N)=O. The average molecular weight is 416 g/mol. The van der Waals surface area contributed by atoms with Crippen molar-refractivity contribution in [1.29, 1.82) is 0 Å². The molecule has 3 N–H and O–H groups in total. The molecule has 1 aliphatic rings. The van der Waals surface area contributed by atoms with Crippen LogP contribution in [0.3, 0.4) is 0 Å². The zero-order valence-corrected chi connectivity index (χ0v) is 16.0. The third kappa shape index (κ3) is 6.06. The number of anilines is 1. The molecule has 0 spiro atoms. The van der Waals surface area contributed by atoms with E-state index in [-0.39, 0.29) is 5.92 Å². The van der Waals surface area contributed by atoms with Gasteiger partial charge in [-0.1, -0.05) is 13.8 Å². The van der Waals surface area contributed by atoms with E-state index in [0.29, 0.717) is 31.7 Å². The minimum atomic E-state index is -4.45. The number of imide groups is 1. The normalized spacial score (nSPS) is 16.4. The Morgan fingerprint density at radius 3 is 2.31 bits per heavy atom. The standard InChI is InChI=1S/C18H23F3N4O4/c1-10(2)14(15(26)24-17(22)28)29-16(27)11-5-7-25(8-6-11)13-4-3-12(9-23-13)18(19,20)21/h3-4,9-11,14H,5-8H2,1-2H3,(H3,22,24,26,28). The second-order valence-electron chi connectivity index (χ2n) is 7.12. The summed E-state index contributed by atoms with van der Waals surface area (Å²) < 4.78 is 43.2. The highest BCUT2D eigenvalue weighted by Gasteiger charge is 2.34. The number of nitrogens with one attached hydrogen (secondary N) is 1. The molecule has 1 aromatic rings. The first-order valence-corrected chi connectivity index (χ1v) is 9.08. The number of halogens is 3. The smallest absolute Gasteiger partial charge is 0.417 e. The summed E-state index contributed by atoms with van der Waals surface area (Å²) in [6.07, 6.45) is -4.03. The zero-order chi connectivity index (χ0) is 21.8. The van der Waals surface area contributed by atoms with E-state index in [1.807, 2.05) is 5.32 Å². The van der Waals surface area contributed by atoms with Gasteiger partial charge in [-0.15, -0.1) is 0 Å². The number of ether oxygens (including phenoxy) is 1. The summed E-state index contributed by atoms with van der Waals surface area (Å²) in [6.45, 7) is 4.13. The van der Waals surface area contributed by atoms with Gasteiger partial charge in [0.15, 0.2) is 6.10 Å². The van der Waals surface area contributed by atoms with Gasteiger partial charge < -0.3 is 15.4 Å². The Morgan fingerprint density at radius 2 is 1.86 bits per heavy atom. The number of carbonyl (C=O) groups excluding carboxylic acids is 3. The highest BCUT2D eigenvalue weighted by molar-refractivity contribution is 5.96. The first-order valence-electron chi connectivity index (χ1n) is 9.08. The summed E-state index contributed by atoms with van der Waals surface area (Å²) in [5.74, 6) is -1.79. The van der Waals surface area contributed by atoms with Crippen LogP contribution in [0.1, 0.15) is 32.3 Å². The van der Waals surface area contributed by atoms with Crippen LogP contribution in [-0.2, 0) is 20.5 Å². The van der Waals surface area contributed by atoms with E-state index in [9.17, 15) is 27.6 Å². The number of pyridine rings is 1. The number of hydrogen-bond acceptors (Lipinski definition) is 6. The summed E-state index contributed by atoms with van der Waals surface area (Å²) >= 11 is 0. The van der Waals surface area contributed by atoms with Crippen LogP contribution in [0.15, 0.2) is 18.3 Å². The van der Waals surface area contributed by atoms with Gasteiger partial charge in [0.2, 0.25) is 0 Å². The Balaban J connectivity index is 1.93. The number of hydrogen-bond donors (Lipinski definition) is 2. The molecule has 1 aromatic heterocycles. The molecule has 1 fully saturated rings. The molecule has 0 saturated carbocycles. The molecule has 1 saturated heterocycles. The van der Waals surface area contributed by atoms with Crippen LogP contribution in [0.25, 0.3) is 0 Å². The molecule has 1 atom stereocenters. The summed E-state index contributed by atoms with van der Waals surface area (Å²) in [5, 5.41) is 1.90. The van der Waals surface area contributed by atoms with E-state index in [1.165, 1.54) is 6.07 Å². The number of aromatic nitrogens is 1. The maximum absolute atomic E-state index is 12.6. The maximum Gasteiger partial charge on any atom is 0.417 e. The monoisotopic (exact) mass is 416 g/mol. The predicted octanol–water partition coefficient (Wildman–Crippen LogP) is 2.08. The van der Waals surface area contributed by atoms with E-state index >= 15 is 0 Å². The Morgan fingerprint density at radius 1 is 1.24 bits per heavy atom. The molecule has 2 rings (SSSR count). The van der Waals surface area contributed by atoms with Gasteiger partial charge in [-0.3, -0.25) is 14.9 Å². The molecule has 1 aliphatic heterocycles. The van der Waals surface area contributed by atoms with Gasteiger partial charge in [0.1, 0.15) is 5.82 Å². The Bertz CT molecular complexity index is 744. The average Bonchev–Trinajstić information content (AvgIpc) is 2.64. The quantitative estimate of drug-likeness (QED) is 0.711. The van der Waals surface area contributed by atoms with Crippen molar-refractivity contribution < 1.29 is 32.3 Å². The maximum atomic E-state index is 12.6. The van der Waals surface area contributed by atoms with E-state index in [2.05, 4.69) is 4.98 Å². The second kappa shape index (κ2) is 9.10. The third-order valence-corrected chi connectivity index (χ3v) is 4.58. The van der Waals surface area contributed by atoms with Crippen molar-refractivity contribution in [3.63, 3.8) is 0 Å². The van der Waals surface area contributed by atoms with Crippen molar-refractivity contribution in [2.45, 2.75) is 39.0 Å². The molecule has 0 radical (unpaired) electrons. The molecule has 0 bridgehead atoms. The number of alkyl halides is 3. The first kappa shape index (κ1) is 22.4. The zero-order valence-electron chi connectivity index (χ0n) is 16.0. The van der Waals surface area contributed by atoms with Gasteiger partial charge in [0.05, 0.1) is 11.5 Å². The van der Waals surface area contributed by atoms with Crippen molar-refractivity contribution in [2.75, 3.05) is 18.0 Å². The Labute approximate surface area is 165 Å². The van der Waals surface area contributed by atoms with Gasteiger partial charge in [0.25, 0.3) is 5.91 Å². The topological polar surface area (TPSA) is 115 Å². The van der Waals surface area contributed by atoms with Crippen LogP contribution in [0, 0.1) is 11.8 Å². The molecular weight excluding hydrogens is 393 g/mol. The highest BCUT2D eigenvalue weighted by Crippen LogP contribution is 2.30. The largest absolute Gasteiger partial charge is 0.452 e. The van der Waals surface area contributed by atoms with E-state index < -0.39 is 41.7 Å². The van der Waals surface area contributed by atoms with Crippen molar-refractivity contribution >= 4 is 23.7 Å². The molecule has 160 valence electrons. The fourth-order valence-electron chi connectivity index (χ4n) is 2.99. The van der Waals surface area contributed by atoms with Gasteiger partial charge >= 0.3 is 18.2 Å². The number of nitrogens with two attached hydrogens (primary N) is 1. The minimum Gasteiger partial charge on any atom is -0.452 e. The highest BCUT2D eigenvalue weighted by atomic mass is 19.4. The fraction of sp³-hybridized carbons (Fsp3) is 0.556. The van der Waals surface area contributed by atoms with Crippen molar-refractivity contribution in [2.24, 2.45) is 17.6 Å². The Hall–Kier alpha value is -2.85. The summed E-state index contributed by atoms with van der Waals surface area (Å²) in [4.78, 5) is 40.9. The number of piperidine rings is 1. The minimum absolute atomic E-state index is 0.366. The van der Waals surface area contributed by atoms with Gasteiger partial charge in [-0.25, -0.2) is 9.78 Å². The number of amides is 3. The number of esters is 1. The fourth-order valence-corrected chi connectivity index (χ4v) is 2.99. The lowest BCUT2D eigenvalue weighted by Crippen LogP contribution is -2.47. The lowest BCUT2D eigenvalue weighted by atomic mass is 9.96. The molecule has 29 heavy (non-hydrogen) atoms. The Kier molecular flexibility index (Phi) is 7.04. The molecule has 0 aliphatic carbocycles. The van der Waals surface area contributed by atoms with Crippen molar-refractivity contribution in [1.82, 2.24) is 10.3 Å². The van der Waals surface area contributed by atoms with Crippen LogP contribution in [-0.4, -0.2) is 42.1 Å². The number of nitrogens with zero attached hydrogens (tertiary/aromatic N) is 2. The van der Waals surface area contributed by atoms with E-state index in [4.69, 9.17) is 10.5 Å². The molecule has 8 nitrogen and oxygen atoms in total. The number of rotatable bonds is 5. The van der Waals surface area contributed by atoms with Crippen LogP contribution in [0.5, 0.6) is 0 Å². The lowest BCUT2D eigenvalue weighted by molar-refractivity contribution is -0.162. The van der Waals surface area contributed by atoms with Crippen molar-refractivity contribution in [3.8, 4) is 0 Å². The predicted molar refractivity (Wildman–Crippen MR) is 96.6 cm³/mol. The molecule has 1 unspecified atom stereocenters. The third-order valence-electron chi connectivity index (χ3n) is 4.58.